The Morgan fingerprint density at radius 2 is 1.82 bits per heavy atom. The third-order valence-corrected chi connectivity index (χ3v) is 5.88. The summed E-state index contributed by atoms with van der Waals surface area (Å²) in [6, 6.07) is 13.6. The normalized spacial score (nSPS) is 12.3. The van der Waals surface area contributed by atoms with E-state index >= 15 is 0 Å². The van der Waals surface area contributed by atoms with Crippen molar-refractivity contribution in [2.45, 2.75) is 26.9 Å². The van der Waals surface area contributed by atoms with Gasteiger partial charge in [-0.1, -0.05) is 61.0 Å². The molecule has 0 aliphatic rings. The zero-order chi connectivity index (χ0) is 28.5. The molecule has 0 amide bonds. The van der Waals surface area contributed by atoms with Gasteiger partial charge in [0.2, 0.25) is 5.75 Å². The molecule has 0 aliphatic heterocycles. The summed E-state index contributed by atoms with van der Waals surface area (Å²) in [5, 5.41) is 16.2. The van der Waals surface area contributed by atoms with Crippen LogP contribution in [0.25, 0.3) is 22.3 Å². The second kappa shape index (κ2) is 10.6. The molecule has 4 aromatic rings. The number of benzene rings is 3. The van der Waals surface area contributed by atoms with E-state index in [4.69, 9.17) is 4.74 Å². The van der Waals surface area contributed by atoms with Crippen molar-refractivity contribution in [1.82, 2.24) is 9.66 Å². The first-order chi connectivity index (χ1) is 18.2. The largest absolute Gasteiger partial charge is 0.486 e. The van der Waals surface area contributed by atoms with E-state index in [0.29, 0.717) is 4.47 Å². The van der Waals surface area contributed by atoms with Gasteiger partial charge in [-0.3, -0.25) is 14.9 Å². The molecule has 8 nitrogen and oxygen atoms in total. The lowest BCUT2D eigenvalue weighted by molar-refractivity contribution is -0.386. The number of nitrogens with zero attached hydrogens (tertiary/aromatic N) is 4. The van der Waals surface area contributed by atoms with Gasteiger partial charge in [-0.05, 0) is 35.7 Å². The van der Waals surface area contributed by atoms with E-state index in [9.17, 15) is 28.1 Å². The highest BCUT2D eigenvalue weighted by atomic mass is 79.9. The first-order valence-electron chi connectivity index (χ1n) is 11.6. The highest BCUT2D eigenvalue weighted by Gasteiger charge is 2.31. The van der Waals surface area contributed by atoms with Crippen LogP contribution in [0.3, 0.4) is 0 Å². The molecule has 0 saturated carbocycles. The minimum Gasteiger partial charge on any atom is -0.486 e. The molecule has 4 rings (SSSR count). The van der Waals surface area contributed by atoms with Gasteiger partial charge in [-0.25, -0.2) is 4.98 Å². The van der Waals surface area contributed by atoms with Gasteiger partial charge in [0.25, 0.3) is 5.56 Å². The lowest BCUT2D eigenvalue weighted by Crippen LogP contribution is -2.21. The number of para-hydroxylation sites is 1. The number of halogens is 4. The summed E-state index contributed by atoms with van der Waals surface area (Å²) < 4.78 is 47.4. The average molecular weight is 603 g/mol. The molecule has 0 saturated heterocycles. The molecule has 1 aromatic heterocycles. The summed E-state index contributed by atoms with van der Waals surface area (Å²) in [6.45, 7) is 5.83. The SMILES string of the molecule is CC(C)(C)COc1c(C=Nn2c(-c3cccc(C(F)(F)F)c3)nc3ccccc3c2=O)cc(Br)cc1[N+](=O)[O-]. The molecule has 3 aromatic carbocycles. The van der Waals surface area contributed by atoms with E-state index < -0.39 is 22.2 Å². The summed E-state index contributed by atoms with van der Waals surface area (Å²) in [6.07, 6.45) is -3.43. The van der Waals surface area contributed by atoms with Crippen LogP contribution in [-0.4, -0.2) is 27.4 Å². The van der Waals surface area contributed by atoms with E-state index in [1.54, 1.807) is 18.2 Å². The fourth-order valence-electron chi connectivity index (χ4n) is 3.65. The quantitative estimate of drug-likeness (QED) is 0.134. The van der Waals surface area contributed by atoms with Crippen molar-refractivity contribution in [3.63, 3.8) is 0 Å². The first-order valence-corrected chi connectivity index (χ1v) is 12.4. The maximum atomic E-state index is 13.4. The molecule has 0 atom stereocenters. The number of hydrogen-bond donors (Lipinski definition) is 0. The predicted molar refractivity (Wildman–Crippen MR) is 145 cm³/mol. The van der Waals surface area contributed by atoms with Crippen LogP contribution in [0, 0.1) is 15.5 Å². The number of nitro benzene ring substituents is 1. The average Bonchev–Trinajstić information content (AvgIpc) is 2.86. The van der Waals surface area contributed by atoms with Gasteiger partial charge in [0, 0.05) is 21.7 Å². The van der Waals surface area contributed by atoms with E-state index in [2.05, 4.69) is 26.0 Å². The maximum absolute atomic E-state index is 13.4. The molecule has 0 spiro atoms. The molecule has 1 heterocycles. The standard InChI is InChI=1S/C27H22BrF3N4O4/c1-26(2,3)15-39-23-17(12-19(28)13-22(23)35(37)38)14-32-34-24(16-7-6-8-18(11-16)27(29,30)31)33-21-10-5-4-9-20(21)25(34)36/h4-14H,15H2,1-3H3. The number of alkyl halides is 3. The zero-order valence-electron chi connectivity index (χ0n) is 21.0. The van der Waals surface area contributed by atoms with Crippen molar-refractivity contribution < 1.29 is 22.8 Å². The molecular weight excluding hydrogens is 581 g/mol. The molecule has 0 unspecified atom stereocenters. The number of fused-ring (bicyclic) bond motifs is 1. The zero-order valence-corrected chi connectivity index (χ0v) is 22.6. The fourth-order valence-corrected chi connectivity index (χ4v) is 4.11. The van der Waals surface area contributed by atoms with Crippen molar-refractivity contribution in [3.05, 3.63) is 96.7 Å². The monoisotopic (exact) mass is 602 g/mol. The molecular formula is C27H22BrF3N4O4. The van der Waals surface area contributed by atoms with E-state index in [-0.39, 0.29) is 51.3 Å². The van der Waals surface area contributed by atoms with Crippen molar-refractivity contribution in [2.75, 3.05) is 6.61 Å². The fraction of sp³-hybridized carbons (Fsp3) is 0.222. The molecule has 202 valence electrons. The molecule has 0 bridgehead atoms. The number of ether oxygens (including phenoxy) is 1. The Morgan fingerprint density at radius 3 is 2.49 bits per heavy atom. The van der Waals surface area contributed by atoms with Gasteiger partial charge in [0.1, 0.15) is 0 Å². The Hall–Kier alpha value is -4.06. The van der Waals surface area contributed by atoms with Crippen LogP contribution in [0.15, 0.2) is 75.0 Å². The van der Waals surface area contributed by atoms with Crippen LogP contribution in [0.5, 0.6) is 5.75 Å². The molecule has 12 heteroatoms. The minimum absolute atomic E-state index is 0.00857. The van der Waals surface area contributed by atoms with Crippen LogP contribution >= 0.6 is 15.9 Å². The second-order valence-corrected chi connectivity index (χ2v) is 10.8. The van der Waals surface area contributed by atoms with Crippen LogP contribution in [0.2, 0.25) is 0 Å². The number of hydrogen-bond acceptors (Lipinski definition) is 6. The lowest BCUT2D eigenvalue weighted by Gasteiger charge is -2.19. The summed E-state index contributed by atoms with van der Waals surface area (Å²) in [5.74, 6) is -0.202. The van der Waals surface area contributed by atoms with E-state index in [1.807, 2.05) is 20.8 Å². The van der Waals surface area contributed by atoms with Gasteiger partial charge in [-0.15, -0.1) is 0 Å². The Bertz CT molecular complexity index is 1660. The summed E-state index contributed by atoms with van der Waals surface area (Å²) in [5.41, 5.74) is -1.75. The van der Waals surface area contributed by atoms with Crippen molar-refractivity contribution in [3.8, 4) is 17.1 Å². The third-order valence-electron chi connectivity index (χ3n) is 5.42. The Morgan fingerprint density at radius 1 is 1.10 bits per heavy atom. The number of rotatable bonds is 6. The Labute approximate surface area is 229 Å². The van der Waals surface area contributed by atoms with Gasteiger partial charge < -0.3 is 4.74 Å². The number of aromatic nitrogens is 2. The van der Waals surface area contributed by atoms with Gasteiger partial charge in [-0.2, -0.15) is 22.9 Å². The van der Waals surface area contributed by atoms with Crippen molar-refractivity contribution >= 4 is 38.7 Å². The Balaban J connectivity index is 1.94. The molecule has 0 fully saturated rings. The number of nitro groups is 1. The summed E-state index contributed by atoms with van der Waals surface area (Å²) in [7, 11) is 0. The van der Waals surface area contributed by atoms with Gasteiger partial charge in [0.05, 0.1) is 34.2 Å². The first kappa shape index (κ1) is 28.0. The summed E-state index contributed by atoms with van der Waals surface area (Å²) >= 11 is 3.25. The van der Waals surface area contributed by atoms with Crippen LogP contribution in [0.1, 0.15) is 31.9 Å². The van der Waals surface area contributed by atoms with Crippen LogP contribution in [-0.2, 0) is 6.18 Å². The highest BCUT2D eigenvalue weighted by Crippen LogP contribution is 2.35. The highest BCUT2D eigenvalue weighted by molar-refractivity contribution is 9.10. The minimum atomic E-state index is -4.62. The maximum Gasteiger partial charge on any atom is 0.416 e. The van der Waals surface area contributed by atoms with Crippen LogP contribution < -0.4 is 10.3 Å². The molecule has 0 radical (unpaired) electrons. The topological polar surface area (TPSA) is 99.6 Å². The predicted octanol–water partition coefficient (Wildman–Crippen LogP) is 7.06. The molecule has 0 aliphatic carbocycles. The molecule has 39 heavy (non-hydrogen) atoms. The third kappa shape index (κ3) is 6.33. The Kier molecular flexibility index (Phi) is 7.60. The van der Waals surface area contributed by atoms with Crippen molar-refractivity contribution in [2.24, 2.45) is 10.5 Å². The molecule has 0 N–H and O–H groups in total. The van der Waals surface area contributed by atoms with E-state index in [1.165, 1.54) is 36.5 Å². The van der Waals surface area contributed by atoms with Crippen LogP contribution in [0.4, 0.5) is 18.9 Å². The van der Waals surface area contributed by atoms with Gasteiger partial charge >= 0.3 is 11.9 Å². The lowest BCUT2D eigenvalue weighted by atomic mass is 9.98. The van der Waals surface area contributed by atoms with Crippen molar-refractivity contribution in [1.29, 1.82) is 0 Å². The van der Waals surface area contributed by atoms with Gasteiger partial charge in [0.15, 0.2) is 5.82 Å². The van der Waals surface area contributed by atoms with E-state index in [0.717, 1.165) is 16.8 Å². The second-order valence-electron chi connectivity index (χ2n) is 9.84. The smallest absolute Gasteiger partial charge is 0.416 e. The summed E-state index contributed by atoms with van der Waals surface area (Å²) in [4.78, 5) is 29.1.